The third-order valence-electron chi connectivity index (χ3n) is 4.41. The van der Waals surface area contributed by atoms with Crippen LogP contribution in [-0.2, 0) is 4.74 Å². The summed E-state index contributed by atoms with van der Waals surface area (Å²) in [4.78, 5) is 2.69. The standard InChI is InChI=1S/C15H32N2O/c1-7-13-11-17(14(8-2)10-16-13)12(3)9-15(4,5)18-6/h12-14,16H,7-11H2,1-6H3. The van der Waals surface area contributed by atoms with Crippen LogP contribution in [0.4, 0.5) is 0 Å². The molecule has 3 unspecified atom stereocenters. The average Bonchev–Trinajstić information content (AvgIpc) is 2.37. The molecule has 1 N–H and O–H groups in total. The highest BCUT2D eigenvalue weighted by molar-refractivity contribution is 4.89. The van der Waals surface area contributed by atoms with Gasteiger partial charge in [-0.3, -0.25) is 4.90 Å². The lowest BCUT2D eigenvalue weighted by molar-refractivity contribution is -0.0197. The molecule has 3 atom stereocenters. The van der Waals surface area contributed by atoms with Crippen molar-refractivity contribution in [1.29, 1.82) is 0 Å². The van der Waals surface area contributed by atoms with Crippen LogP contribution in [0.5, 0.6) is 0 Å². The maximum Gasteiger partial charge on any atom is 0.0637 e. The molecular weight excluding hydrogens is 224 g/mol. The van der Waals surface area contributed by atoms with Crippen LogP contribution < -0.4 is 5.32 Å². The summed E-state index contributed by atoms with van der Waals surface area (Å²) in [5.74, 6) is 0. The molecule has 0 radical (unpaired) electrons. The van der Waals surface area contributed by atoms with E-state index < -0.39 is 0 Å². The zero-order valence-corrected chi connectivity index (χ0v) is 13.1. The molecule has 0 aromatic rings. The summed E-state index contributed by atoms with van der Waals surface area (Å²) < 4.78 is 5.58. The van der Waals surface area contributed by atoms with Gasteiger partial charge in [-0.05, 0) is 40.0 Å². The Kier molecular flexibility index (Phi) is 6.09. The first-order valence-corrected chi connectivity index (χ1v) is 7.47. The van der Waals surface area contributed by atoms with E-state index in [0.29, 0.717) is 18.1 Å². The van der Waals surface area contributed by atoms with Gasteiger partial charge in [0.2, 0.25) is 0 Å². The van der Waals surface area contributed by atoms with Gasteiger partial charge in [-0.25, -0.2) is 0 Å². The minimum absolute atomic E-state index is 0.0235. The Morgan fingerprint density at radius 2 is 2.00 bits per heavy atom. The van der Waals surface area contributed by atoms with Crippen LogP contribution in [0.25, 0.3) is 0 Å². The molecular formula is C15H32N2O. The number of piperazine rings is 1. The third-order valence-corrected chi connectivity index (χ3v) is 4.41. The second kappa shape index (κ2) is 6.88. The molecule has 0 amide bonds. The van der Waals surface area contributed by atoms with Gasteiger partial charge in [0.05, 0.1) is 5.60 Å². The van der Waals surface area contributed by atoms with E-state index in [1.54, 1.807) is 0 Å². The van der Waals surface area contributed by atoms with E-state index in [2.05, 4.69) is 44.8 Å². The van der Waals surface area contributed by atoms with Crippen molar-refractivity contribution in [3.63, 3.8) is 0 Å². The summed E-state index contributed by atoms with van der Waals surface area (Å²) in [7, 11) is 1.82. The van der Waals surface area contributed by atoms with E-state index >= 15 is 0 Å². The molecule has 1 aliphatic heterocycles. The molecule has 3 nitrogen and oxygen atoms in total. The molecule has 0 aromatic carbocycles. The molecule has 0 aromatic heterocycles. The van der Waals surface area contributed by atoms with Gasteiger partial charge in [0, 0.05) is 38.3 Å². The fourth-order valence-electron chi connectivity index (χ4n) is 2.99. The van der Waals surface area contributed by atoms with E-state index in [-0.39, 0.29) is 5.60 Å². The molecule has 1 fully saturated rings. The largest absolute Gasteiger partial charge is 0.379 e. The van der Waals surface area contributed by atoms with Crippen LogP contribution in [0.3, 0.4) is 0 Å². The van der Waals surface area contributed by atoms with Crippen LogP contribution in [-0.4, -0.2) is 48.8 Å². The first-order chi connectivity index (χ1) is 8.43. The Labute approximate surface area is 113 Å². The second-order valence-corrected chi connectivity index (χ2v) is 6.29. The van der Waals surface area contributed by atoms with Gasteiger partial charge in [0.15, 0.2) is 0 Å². The molecule has 0 saturated carbocycles. The predicted octanol–water partition coefficient (Wildman–Crippen LogP) is 2.65. The minimum Gasteiger partial charge on any atom is -0.379 e. The maximum absolute atomic E-state index is 5.58. The van der Waals surface area contributed by atoms with E-state index in [0.717, 1.165) is 13.0 Å². The van der Waals surface area contributed by atoms with E-state index in [4.69, 9.17) is 4.74 Å². The van der Waals surface area contributed by atoms with Crippen molar-refractivity contribution in [2.45, 2.75) is 77.6 Å². The Morgan fingerprint density at radius 1 is 1.33 bits per heavy atom. The Hall–Kier alpha value is -0.120. The average molecular weight is 256 g/mol. The summed E-state index contributed by atoms with van der Waals surface area (Å²) >= 11 is 0. The molecule has 0 spiro atoms. The maximum atomic E-state index is 5.58. The van der Waals surface area contributed by atoms with E-state index in [1.807, 2.05) is 7.11 Å². The number of methoxy groups -OCH3 is 1. The van der Waals surface area contributed by atoms with Crippen molar-refractivity contribution in [2.75, 3.05) is 20.2 Å². The first kappa shape index (κ1) is 15.9. The zero-order chi connectivity index (χ0) is 13.8. The first-order valence-electron chi connectivity index (χ1n) is 7.47. The molecule has 3 heteroatoms. The number of hydrogen-bond acceptors (Lipinski definition) is 3. The van der Waals surface area contributed by atoms with Crippen LogP contribution in [0, 0.1) is 0 Å². The van der Waals surface area contributed by atoms with Crippen LogP contribution >= 0.6 is 0 Å². The molecule has 1 heterocycles. The highest BCUT2D eigenvalue weighted by Gasteiger charge is 2.32. The summed E-state index contributed by atoms with van der Waals surface area (Å²) in [6.45, 7) is 13.6. The lowest BCUT2D eigenvalue weighted by Gasteiger charge is -2.45. The van der Waals surface area contributed by atoms with Crippen molar-refractivity contribution in [3.8, 4) is 0 Å². The summed E-state index contributed by atoms with van der Waals surface area (Å²) in [6, 6.07) is 1.91. The van der Waals surface area contributed by atoms with Crippen molar-refractivity contribution >= 4 is 0 Å². The number of nitrogens with zero attached hydrogens (tertiary/aromatic N) is 1. The Balaban J connectivity index is 2.64. The van der Waals surface area contributed by atoms with Crippen molar-refractivity contribution in [2.24, 2.45) is 0 Å². The summed E-state index contributed by atoms with van der Waals surface area (Å²) in [6.07, 6.45) is 3.53. The molecule has 1 aliphatic rings. The van der Waals surface area contributed by atoms with Crippen molar-refractivity contribution in [3.05, 3.63) is 0 Å². The third kappa shape index (κ3) is 4.22. The zero-order valence-electron chi connectivity index (χ0n) is 13.1. The molecule has 1 saturated heterocycles. The van der Waals surface area contributed by atoms with Gasteiger partial charge in [-0.2, -0.15) is 0 Å². The molecule has 18 heavy (non-hydrogen) atoms. The van der Waals surface area contributed by atoms with E-state index in [1.165, 1.54) is 19.4 Å². The van der Waals surface area contributed by atoms with Crippen LogP contribution in [0.1, 0.15) is 53.9 Å². The lowest BCUT2D eigenvalue weighted by atomic mass is 9.95. The second-order valence-electron chi connectivity index (χ2n) is 6.29. The summed E-state index contributed by atoms with van der Waals surface area (Å²) in [5, 5.41) is 3.66. The predicted molar refractivity (Wildman–Crippen MR) is 78.0 cm³/mol. The van der Waals surface area contributed by atoms with Gasteiger partial charge in [-0.15, -0.1) is 0 Å². The van der Waals surface area contributed by atoms with Crippen LogP contribution in [0.15, 0.2) is 0 Å². The van der Waals surface area contributed by atoms with Gasteiger partial charge in [0.1, 0.15) is 0 Å². The Morgan fingerprint density at radius 3 is 2.50 bits per heavy atom. The SMILES string of the molecule is CCC1CN(C(C)CC(C)(C)OC)C(CC)CN1. The monoisotopic (exact) mass is 256 g/mol. The highest BCUT2D eigenvalue weighted by Crippen LogP contribution is 2.23. The number of rotatable bonds is 6. The van der Waals surface area contributed by atoms with Crippen molar-refractivity contribution < 1.29 is 4.74 Å². The number of nitrogens with one attached hydrogen (secondary N) is 1. The molecule has 0 bridgehead atoms. The molecule has 1 rings (SSSR count). The quantitative estimate of drug-likeness (QED) is 0.791. The van der Waals surface area contributed by atoms with Gasteiger partial charge >= 0.3 is 0 Å². The van der Waals surface area contributed by atoms with Crippen LogP contribution in [0.2, 0.25) is 0 Å². The van der Waals surface area contributed by atoms with E-state index in [9.17, 15) is 0 Å². The number of hydrogen-bond donors (Lipinski definition) is 1. The van der Waals surface area contributed by atoms with Gasteiger partial charge in [-0.1, -0.05) is 13.8 Å². The van der Waals surface area contributed by atoms with Crippen molar-refractivity contribution in [1.82, 2.24) is 10.2 Å². The minimum atomic E-state index is -0.0235. The highest BCUT2D eigenvalue weighted by atomic mass is 16.5. The normalized spacial score (nSPS) is 28.3. The van der Waals surface area contributed by atoms with Gasteiger partial charge in [0.25, 0.3) is 0 Å². The molecule has 0 aliphatic carbocycles. The topological polar surface area (TPSA) is 24.5 Å². The lowest BCUT2D eigenvalue weighted by Crippen LogP contribution is -2.59. The fourth-order valence-corrected chi connectivity index (χ4v) is 2.99. The smallest absolute Gasteiger partial charge is 0.0637 e. The fraction of sp³-hybridized carbons (Fsp3) is 1.00. The molecule has 108 valence electrons. The van der Waals surface area contributed by atoms with Gasteiger partial charge < -0.3 is 10.1 Å². The Bertz CT molecular complexity index is 243. The summed E-state index contributed by atoms with van der Waals surface area (Å²) in [5.41, 5.74) is -0.0235. The number of ether oxygens (including phenoxy) is 1.